The molecule has 0 spiro atoms. The van der Waals surface area contributed by atoms with Crippen molar-refractivity contribution in [3.05, 3.63) is 0 Å². The van der Waals surface area contributed by atoms with Gasteiger partial charge in [0.05, 0.1) is 13.2 Å². The largest absolute Gasteiger partial charge is 0.466 e. The van der Waals surface area contributed by atoms with E-state index < -0.39 is 0 Å². The third kappa shape index (κ3) is 12.7. The Morgan fingerprint density at radius 3 is 1.95 bits per heavy atom. The second-order valence-electron chi connectivity index (χ2n) is 5.85. The minimum absolute atomic E-state index is 0.205. The van der Waals surface area contributed by atoms with E-state index in [2.05, 4.69) is 20.8 Å². The molecule has 0 aromatic carbocycles. The smallest absolute Gasteiger partial charge is 0.305 e. The second kappa shape index (κ2) is 14.9. The highest BCUT2D eigenvalue weighted by atomic mass is 16.5. The van der Waals surface area contributed by atoms with Crippen molar-refractivity contribution >= 4 is 11.9 Å². The van der Waals surface area contributed by atoms with Crippen molar-refractivity contribution in [1.29, 1.82) is 0 Å². The molecule has 0 bridgehead atoms. The summed E-state index contributed by atoms with van der Waals surface area (Å²) in [6.45, 7) is 7.37. The fourth-order valence-electron chi connectivity index (χ4n) is 2.15. The van der Waals surface area contributed by atoms with Gasteiger partial charge in [0, 0.05) is 12.8 Å². The molecule has 0 saturated carbocycles. The predicted octanol–water partition coefficient (Wildman–Crippen LogP) is 4.65. The molecule has 130 valence electrons. The van der Waals surface area contributed by atoms with Gasteiger partial charge in [-0.15, -0.1) is 0 Å². The van der Waals surface area contributed by atoms with Crippen molar-refractivity contribution in [3.8, 4) is 0 Å². The number of esters is 2. The van der Waals surface area contributed by atoms with Crippen molar-refractivity contribution in [1.82, 2.24) is 0 Å². The lowest BCUT2D eigenvalue weighted by Crippen LogP contribution is -2.13. The molecule has 4 nitrogen and oxygen atoms in total. The van der Waals surface area contributed by atoms with E-state index in [-0.39, 0.29) is 11.9 Å². The zero-order chi connectivity index (χ0) is 16.6. The van der Waals surface area contributed by atoms with Gasteiger partial charge >= 0.3 is 11.9 Å². The number of hydrogen-bond donors (Lipinski definition) is 0. The molecule has 0 unspecified atom stereocenters. The first-order valence-electron chi connectivity index (χ1n) is 8.95. The Bertz CT molecular complexity index is 285. The average molecular weight is 314 g/mol. The van der Waals surface area contributed by atoms with Crippen LogP contribution in [0.2, 0.25) is 0 Å². The van der Waals surface area contributed by atoms with Crippen molar-refractivity contribution in [2.45, 2.75) is 85.0 Å². The molecule has 0 rings (SSSR count). The summed E-state index contributed by atoms with van der Waals surface area (Å²) in [5.41, 5.74) is 0. The van der Waals surface area contributed by atoms with Crippen molar-refractivity contribution in [2.24, 2.45) is 5.92 Å². The average Bonchev–Trinajstić information content (AvgIpc) is 2.51. The number of unbranched alkanes of at least 4 members (excludes halogenated alkanes) is 4. The molecule has 0 aromatic rings. The summed E-state index contributed by atoms with van der Waals surface area (Å²) < 4.78 is 10.4. The molecule has 0 aliphatic heterocycles. The standard InChI is InChI=1S/C18H34O4/c1-4-7-8-9-10-14-21-17(19)12-11-13-18(20)22-15-16(5-2)6-3/h16H,4-15H2,1-3H3. The van der Waals surface area contributed by atoms with Crippen LogP contribution in [0.15, 0.2) is 0 Å². The van der Waals surface area contributed by atoms with Crippen LogP contribution in [0.1, 0.15) is 85.0 Å². The number of rotatable bonds is 14. The van der Waals surface area contributed by atoms with Gasteiger partial charge in [0.2, 0.25) is 0 Å². The molecular weight excluding hydrogens is 280 g/mol. The summed E-state index contributed by atoms with van der Waals surface area (Å²) in [6.07, 6.45) is 8.86. The SMILES string of the molecule is CCCCCCCOC(=O)CCCC(=O)OCC(CC)CC. The molecule has 0 aliphatic rings. The Balaban J connectivity index is 3.48. The first kappa shape index (κ1) is 20.9. The van der Waals surface area contributed by atoms with Crippen molar-refractivity contribution < 1.29 is 19.1 Å². The van der Waals surface area contributed by atoms with Gasteiger partial charge in [0.1, 0.15) is 0 Å². The van der Waals surface area contributed by atoms with Gasteiger partial charge in [0.15, 0.2) is 0 Å². The molecule has 0 atom stereocenters. The first-order chi connectivity index (χ1) is 10.6. The lowest BCUT2D eigenvalue weighted by molar-refractivity contribution is -0.146. The summed E-state index contributed by atoms with van der Waals surface area (Å²) in [5.74, 6) is 0.0316. The van der Waals surface area contributed by atoms with Crippen LogP contribution in [0.4, 0.5) is 0 Å². The van der Waals surface area contributed by atoms with Crippen LogP contribution in [-0.2, 0) is 19.1 Å². The normalized spacial score (nSPS) is 10.7. The van der Waals surface area contributed by atoms with Gasteiger partial charge in [-0.25, -0.2) is 0 Å². The van der Waals surface area contributed by atoms with E-state index in [4.69, 9.17) is 9.47 Å². The van der Waals surface area contributed by atoms with E-state index in [1.54, 1.807) is 0 Å². The Labute approximate surface area is 135 Å². The predicted molar refractivity (Wildman–Crippen MR) is 88.6 cm³/mol. The molecule has 0 radical (unpaired) electrons. The number of ether oxygens (including phenoxy) is 2. The molecule has 4 heteroatoms. The van der Waals surface area contributed by atoms with Gasteiger partial charge in [-0.05, 0) is 18.8 Å². The van der Waals surface area contributed by atoms with E-state index in [9.17, 15) is 9.59 Å². The minimum Gasteiger partial charge on any atom is -0.466 e. The Morgan fingerprint density at radius 1 is 0.773 bits per heavy atom. The summed E-state index contributed by atoms with van der Waals surface area (Å²) in [4.78, 5) is 23.0. The molecule has 0 aromatic heterocycles. The first-order valence-corrected chi connectivity index (χ1v) is 8.95. The molecule has 0 amide bonds. The van der Waals surface area contributed by atoms with Crippen molar-refractivity contribution in [3.63, 3.8) is 0 Å². The van der Waals surface area contributed by atoms with Gasteiger partial charge < -0.3 is 9.47 Å². The van der Waals surface area contributed by atoms with E-state index in [0.29, 0.717) is 38.4 Å². The lowest BCUT2D eigenvalue weighted by atomic mass is 10.1. The third-order valence-electron chi connectivity index (χ3n) is 3.91. The van der Waals surface area contributed by atoms with E-state index in [1.165, 1.54) is 19.3 Å². The molecular formula is C18H34O4. The number of carbonyl (C=O) groups excluding carboxylic acids is 2. The van der Waals surface area contributed by atoms with Crippen LogP contribution in [0.25, 0.3) is 0 Å². The minimum atomic E-state index is -0.209. The Morgan fingerprint density at radius 2 is 1.36 bits per heavy atom. The quantitative estimate of drug-likeness (QED) is 0.346. The third-order valence-corrected chi connectivity index (χ3v) is 3.91. The van der Waals surface area contributed by atoms with Crippen LogP contribution in [-0.4, -0.2) is 25.2 Å². The summed E-state index contributed by atoms with van der Waals surface area (Å²) in [7, 11) is 0. The maximum Gasteiger partial charge on any atom is 0.305 e. The molecule has 0 saturated heterocycles. The van der Waals surface area contributed by atoms with Crippen LogP contribution in [0, 0.1) is 5.92 Å². The fourth-order valence-corrected chi connectivity index (χ4v) is 2.15. The molecule has 0 heterocycles. The van der Waals surface area contributed by atoms with Crippen LogP contribution in [0.3, 0.4) is 0 Å². The molecule has 0 N–H and O–H groups in total. The van der Waals surface area contributed by atoms with E-state index in [1.807, 2.05) is 0 Å². The number of carbonyl (C=O) groups is 2. The topological polar surface area (TPSA) is 52.6 Å². The van der Waals surface area contributed by atoms with Crippen LogP contribution >= 0.6 is 0 Å². The molecule has 22 heavy (non-hydrogen) atoms. The second-order valence-corrected chi connectivity index (χ2v) is 5.85. The fraction of sp³-hybridized carbons (Fsp3) is 0.889. The molecule has 0 aliphatic carbocycles. The molecule has 0 fully saturated rings. The van der Waals surface area contributed by atoms with Gasteiger partial charge in [-0.1, -0.05) is 59.3 Å². The zero-order valence-corrected chi connectivity index (χ0v) is 14.7. The van der Waals surface area contributed by atoms with E-state index >= 15 is 0 Å². The van der Waals surface area contributed by atoms with Crippen LogP contribution < -0.4 is 0 Å². The highest BCUT2D eigenvalue weighted by Crippen LogP contribution is 2.09. The Kier molecular flexibility index (Phi) is 14.1. The van der Waals surface area contributed by atoms with E-state index in [0.717, 1.165) is 25.7 Å². The maximum atomic E-state index is 11.5. The van der Waals surface area contributed by atoms with Gasteiger partial charge in [-0.3, -0.25) is 9.59 Å². The Hall–Kier alpha value is -1.06. The van der Waals surface area contributed by atoms with Crippen LogP contribution in [0.5, 0.6) is 0 Å². The summed E-state index contributed by atoms with van der Waals surface area (Å²) >= 11 is 0. The van der Waals surface area contributed by atoms with Crippen molar-refractivity contribution in [2.75, 3.05) is 13.2 Å². The maximum absolute atomic E-state index is 11.5. The highest BCUT2D eigenvalue weighted by molar-refractivity contribution is 5.72. The monoisotopic (exact) mass is 314 g/mol. The summed E-state index contributed by atoms with van der Waals surface area (Å²) in [6, 6.07) is 0. The summed E-state index contributed by atoms with van der Waals surface area (Å²) in [5, 5.41) is 0. The van der Waals surface area contributed by atoms with Gasteiger partial charge in [-0.2, -0.15) is 0 Å². The highest BCUT2D eigenvalue weighted by Gasteiger charge is 2.10. The van der Waals surface area contributed by atoms with Gasteiger partial charge in [0.25, 0.3) is 0 Å². The zero-order valence-electron chi connectivity index (χ0n) is 14.7. The number of hydrogen-bond acceptors (Lipinski definition) is 4. The lowest BCUT2D eigenvalue weighted by Gasteiger charge is -2.12.